The van der Waals surface area contributed by atoms with Crippen LogP contribution in [0.2, 0.25) is 0 Å². The van der Waals surface area contributed by atoms with Crippen molar-refractivity contribution in [2.75, 3.05) is 13.2 Å². The molecule has 0 atom stereocenters. The highest BCUT2D eigenvalue weighted by Crippen LogP contribution is 2.04. The first kappa shape index (κ1) is 13.7. The van der Waals surface area contributed by atoms with Gasteiger partial charge in [-0.25, -0.2) is 0 Å². The molecule has 0 heterocycles. The van der Waals surface area contributed by atoms with Gasteiger partial charge in [0, 0.05) is 18.1 Å². The van der Waals surface area contributed by atoms with E-state index in [0.29, 0.717) is 5.56 Å². The number of rotatable bonds is 5. The van der Waals surface area contributed by atoms with Crippen molar-refractivity contribution in [3.63, 3.8) is 0 Å². The standard InChI is InChI=1S/C12H14N2O4/c1-8(15)18-6-5-14-12(17)10-4-2-3-9(7-10)11(13)16/h2-4,7H,5-6H2,1H3,(H2,13,16)(H,14,17). The second kappa shape index (κ2) is 6.39. The van der Waals surface area contributed by atoms with E-state index in [1.54, 1.807) is 12.1 Å². The number of amides is 2. The number of carbonyl (C=O) groups is 3. The van der Waals surface area contributed by atoms with Gasteiger partial charge in [0.05, 0.1) is 6.54 Å². The van der Waals surface area contributed by atoms with Crippen molar-refractivity contribution < 1.29 is 19.1 Å². The molecule has 0 aromatic heterocycles. The Bertz CT molecular complexity index is 471. The fraction of sp³-hybridized carbons (Fsp3) is 0.250. The molecule has 0 unspecified atom stereocenters. The van der Waals surface area contributed by atoms with Crippen LogP contribution in [0.1, 0.15) is 27.6 Å². The second-order valence-electron chi connectivity index (χ2n) is 3.54. The van der Waals surface area contributed by atoms with Crippen LogP contribution in [-0.2, 0) is 9.53 Å². The molecule has 0 aliphatic heterocycles. The molecule has 1 aromatic carbocycles. The van der Waals surface area contributed by atoms with E-state index in [0.717, 1.165) is 0 Å². The van der Waals surface area contributed by atoms with E-state index < -0.39 is 11.9 Å². The van der Waals surface area contributed by atoms with Crippen molar-refractivity contribution in [2.24, 2.45) is 5.73 Å². The highest BCUT2D eigenvalue weighted by Gasteiger charge is 2.07. The summed E-state index contributed by atoms with van der Waals surface area (Å²) in [7, 11) is 0. The summed E-state index contributed by atoms with van der Waals surface area (Å²) >= 11 is 0. The fourth-order valence-corrected chi connectivity index (χ4v) is 1.28. The average Bonchev–Trinajstić information content (AvgIpc) is 2.34. The molecule has 0 radical (unpaired) electrons. The number of carbonyl (C=O) groups excluding carboxylic acids is 3. The molecule has 0 aliphatic carbocycles. The maximum absolute atomic E-state index is 11.7. The Hall–Kier alpha value is -2.37. The number of hydrogen-bond donors (Lipinski definition) is 2. The van der Waals surface area contributed by atoms with Crippen LogP contribution in [0, 0.1) is 0 Å². The summed E-state index contributed by atoms with van der Waals surface area (Å²) in [5, 5.41) is 2.55. The molecule has 0 bridgehead atoms. The predicted octanol–water partition coefficient (Wildman–Crippen LogP) is 0.0784. The lowest BCUT2D eigenvalue weighted by molar-refractivity contribution is -0.140. The second-order valence-corrected chi connectivity index (χ2v) is 3.54. The van der Waals surface area contributed by atoms with Crippen LogP contribution in [0.15, 0.2) is 24.3 Å². The summed E-state index contributed by atoms with van der Waals surface area (Å²) in [5.41, 5.74) is 5.70. The van der Waals surface area contributed by atoms with Crippen LogP contribution < -0.4 is 11.1 Å². The predicted molar refractivity (Wildman–Crippen MR) is 63.9 cm³/mol. The highest BCUT2D eigenvalue weighted by atomic mass is 16.5. The van der Waals surface area contributed by atoms with E-state index in [9.17, 15) is 14.4 Å². The largest absolute Gasteiger partial charge is 0.464 e. The van der Waals surface area contributed by atoms with Gasteiger partial charge in [0.25, 0.3) is 5.91 Å². The summed E-state index contributed by atoms with van der Waals surface area (Å²) in [5.74, 6) is -1.35. The molecular weight excluding hydrogens is 236 g/mol. The molecule has 0 aliphatic rings. The lowest BCUT2D eigenvalue weighted by Crippen LogP contribution is -2.28. The highest BCUT2D eigenvalue weighted by molar-refractivity contribution is 5.99. The smallest absolute Gasteiger partial charge is 0.302 e. The zero-order valence-electron chi connectivity index (χ0n) is 9.93. The Morgan fingerprint density at radius 2 is 1.94 bits per heavy atom. The minimum absolute atomic E-state index is 0.108. The zero-order chi connectivity index (χ0) is 13.5. The lowest BCUT2D eigenvalue weighted by Gasteiger charge is -2.06. The van der Waals surface area contributed by atoms with Crippen molar-refractivity contribution in [2.45, 2.75) is 6.92 Å². The number of benzene rings is 1. The molecule has 0 fully saturated rings. The molecule has 0 saturated carbocycles. The van der Waals surface area contributed by atoms with Gasteiger partial charge in [-0.1, -0.05) is 6.07 Å². The molecule has 1 rings (SSSR count). The lowest BCUT2D eigenvalue weighted by atomic mass is 10.1. The van der Waals surface area contributed by atoms with Gasteiger partial charge in [0.15, 0.2) is 0 Å². The molecule has 0 spiro atoms. The van der Waals surface area contributed by atoms with Crippen LogP contribution in [0.4, 0.5) is 0 Å². The maximum Gasteiger partial charge on any atom is 0.302 e. The summed E-state index contributed by atoms with van der Waals surface area (Å²) in [4.78, 5) is 33.1. The van der Waals surface area contributed by atoms with Gasteiger partial charge >= 0.3 is 5.97 Å². The minimum atomic E-state index is -0.593. The van der Waals surface area contributed by atoms with Crippen molar-refractivity contribution in [1.29, 1.82) is 0 Å². The van der Waals surface area contributed by atoms with E-state index in [1.165, 1.54) is 19.1 Å². The van der Waals surface area contributed by atoms with Crippen molar-refractivity contribution in [3.05, 3.63) is 35.4 Å². The first-order chi connectivity index (χ1) is 8.50. The number of primary amides is 1. The molecule has 0 saturated heterocycles. The number of ether oxygens (including phenoxy) is 1. The third kappa shape index (κ3) is 4.25. The molecular formula is C12H14N2O4. The Labute approximate surface area is 104 Å². The van der Waals surface area contributed by atoms with Crippen molar-refractivity contribution in [3.8, 4) is 0 Å². The van der Waals surface area contributed by atoms with Gasteiger partial charge in [0.2, 0.25) is 5.91 Å². The van der Waals surface area contributed by atoms with Gasteiger partial charge in [-0.3, -0.25) is 14.4 Å². The van der Waals surface area contributed by atoms with E-state index in [4.69, 9.17) is 5.73 Å². The monoisotopic (exact) mass is 250 g/mol. The third-order valence-corrected chi connectivity index (χ3v) is 2.10. The van der Waals surface area contributed by atoms with E-state index >= 15 is 0 Å². The summed E-state index contributed by atoms with van der Waals surface area (Å²) in [6.45, 7) is 1.61. The maximum atomic E-state index is 11.7. The first-order valence-electron chi connectivity index (χ1n) is 5.32. The summed E-state index contributed by atoms with van der Waals surface area (Å²) in [6.07, 6.45) is 0. The number of nitrogens with two attached hydrogens (primary N) is 1. The van der Waals surface area contributed by atoms with E-state index in [2.05, 4.69) is 10.1 Å². The molecule has 2 amide bonds. The zero-order valence-corrected chi connectivity index (χ0v) is 9.93. The van der Waals surface area contributed by atoms with Crippen LogP contribution in [0.3, 0.4) is 0 Å². The van der Waals surface area contributed by atoms with Crippen LogP contribution in [0.5, 0.6) is 0 Å². The Morgan fingerprint density at radius 1 is 1.28 bits per heavy atom. The average molecular weight is 250 g/mol. The molecule has 3 N–H and O–H groups in total. The van der Waals surface area contributed by atoms with Gasteiger partial charge in [-0.2, -0.15) is 0 Å². The Kier molecular flexibility index (Phi) is 4.86. The minimum Gasteiger partial charge on any atom is -0.464 e. The van der Waals surface area contributed by atoms with Gasteiger partial charge in [-0.15, -0.1) is 0 Å². The third-order valence-electron chi connectivity index (χ3n) is 2.10. The number of esters is 1. The first-order valence-corrected chi connectivity index (χ1v) is 5.32. The van der Waals surface area contributed by atoms with Crippen LogP contribution >= 0.6 is 0 Å². The van der Waals surface area contributed by atoms with E-state index in [1.807, 2.05) is 0 Å². The summed E-state index contributed by atoms with van der Waals surface area (Å²) < 4.78 is 4.66. The van der Waals surface area contributed by atoms with Crippen molar-refractivity contribution in [1.82, 2.24) is 5.32 Å². The van der Waals surface area contributed by atoms with Crippen LogP contribution in [0.25, 0.3) is 0 Å². The van der Waals surface area contributed by atoms with Gasteiger partial charge in [-0.05, 0) is 18.2 Å². The van der Waals surface area contributed by atoms with Crippen molar-refractivity contribution >= 4 is 17.8 Å². The Morgan fingerprint density at radius 3 is 2.56 bits per heavy atom. The number of hydrogen-bond acceptors (Lipinski definition) is 4. The fourth-order valence-electron chi connectivity index (χ4n) is 1.28. The molecule has 18 heavy (non-hydrogen) atoms. The Balaban J connectivity index is 2.53. The molecule has 6 nitrogen and oxygen atoms in total. The van der Waals surface area contributed by atoms with Gasteiger partial charge < -0.3 is 15.8 Å². The number of nitrogens with one attached hydrogen (secondary N) is 1. The van der Waals surface area contributed by atoms with E-state index in [-0.39, 0.29) is 24.6 Å². The molecule has 1 aromatic rings. The normalized spacial score (nSPS) is 9.61. The van der Waals surface area contributed by atoms with Crippen LogP contribution in [-0.4, -0.2) is 30.9 Å². The van der Waals surface area contributed by atoms with Gasteiger partial charge in [0.1, 0.15) is 6.61 Å². The SMILES string of the molecule is CC(=O)OCCNC(=O)c1cccc(C(N)=O)c1. The quantitative estimate of drug-likeness (QED) is 0.571. The topological polar surface area (TPSA) is 98.5 Å². The molecule has 96 valence electrons. The summed E-state index contributed by atoms with van der Waals surface area (Å²) in [6, 6.07) is 6.07. The molecule has 6 heteroatoms.